The standard InChI is InChI=1S/C14H16N2O/c1-9-3-4-11-7-12-8-15-5-6-17-14(12)16-13(11)10(9)2/h3-4,7,15H,5-6,8H2,1-2H3. The van der Waals surface area contributed by atoms with Gasteiger partial charge in [-0.2, -0.15) is 0 Å². The van der Waals surface area contributed by atoms with Crippen LogP contribution in [0.15, 0.2) is 18.2 Å². The maximum Gasteiger partial charge on any atom is 0.218 e. The fraction of sp³-hybridized carbons (Fsp3) is 0.357. The zero-order chi connectivity index (χ0) is 11.8. The SMILES string of the molecule is Cc1ccc2cc3c(nc2c1C)OCCNC3. The Balaban J connectivity index is 2.26. The fourth-order valence-corrected chi connectivity index (χ4v) is 2.20. The minimum Gasteiger partial charge on any atom is -0.476 e. The van der Waals surface area contributed by atoms with E-state index in [1.165, 1.54) is 16.5 Å². The number of fused-ring (bicyclic) bond motifs is 2. The van der Waals surface area contributed by atoms with Crippen molar-refractivity contribution in [3.05, 3.63) is 34.9 Å². The molecule has 3 nitrogen and oxygen atoms in total. The molecule has 0 unspecified atom stereocenters. The topological polar surface area (TPSA) is 34.1 Å². The van der Waals surface area contributed by atoms with Gasteiger partial charge in [0.1, 0.15) is 6.61 Å². The van der Waals surface area contributed by atoms with Crippen molar-refractivity contribution in [1.29, 1.82) is 0 Å². The summed E-state index contributed by atoms with van der Waals surface area (Å²) in [6.45, 7) is 6.64. The number of aryl methyl sites for hydroxylation is 2. The third kappa shape index (κ3) is 1.76. The minimum absolute atomic E-state index is 0.691. The quantitative estimate of drug-likeness (QED) is 0.751. The van der Waals surface area contributed by atoms with Gasteiger partial charge in [-0.1, -0.05) is 12.1 Å². The molecule has 3 heteroatoms. The van der Waals surface area contributed by atoms with E-state index in [4.69, 9.17) is 4.74 Å². The van der Waals surface area contributed by atoms with E-state index in [-0.39, 0.29) is 0 Å². The Kier molecular flexibility index (Phi) is 2.48. The molecule has 1 aromatic heterocycles. The van der Waals surface area contributed by atoms with Gasteiger partial charge in [-0.15, -0.1) is 0 Å². The van der Waals surface area contributed by atoms with Gasteiger partial charge in [0.2, 0.25) is 5.88 Å². The van der Waals surface area contributed by atoms with Crippen molar-refractivity contribution in [3.63, 3.8) is 0 Å². The third-order valence-corrected chi connectivity index (χ3v) is 3.38. The smallest absolute Gasteiger partial charge is 0.218 e. The number of hydrogen-bond acceptors (Lipinski definition) is 3. The number of hydrogen-bond donors (Lipinski definition) is 1. The molecule has 0 aliphatic carbocycles. The summed E-state index contributed by atoms with van der Waals surface area (Å²) in [6, 6.07) is 6.47. The van der Waals surface area contributed by atoms with Gasteiger partial charge < -0.3 is 10.1 Å². The molecule has 0 atom stereocenters. The van der Waals surface area contributed by atoms with E-state index < -0.39 is 0 Å². The van der Waals surface area contributed by atoms with Crippen molar-refractivity contribution in [3.8, 4) is 5.88 Å². The van der Waals surface area contributed by atoms with Gasteiger partial charge in [0.25, 0.3) is 0 Å². The van der Waals surface area contributed by atoms with Gasteiger partial charge in [0.15, 0.2) is 0 Å². The zero-order valence-corrected chi connectivity index (χ0v) is 10.2. The van der Waals surface area contributed by atoms with E-state index in [9.17, 15) is 0 Å². The average Bonchev–Trinajstić information content (AvgIpc) is 2.57. The highest BCUT2D eigenvalue weighted by molar-refractivity contribution is 5.84. The van der Waals surface area contributed by atoms with Crippen molar-refractivity contribution in [2.45, 2.75) is 20.4 Å². The molecule has 1 aromatic carbocycles. The lowest BCUT2D eigenvalue weighted by molar-refractivity contribution is 0.315. The molecule has 2 aromatic rings. The molecule has 0 bridgehead atoms. The molecule has 17 heavy (non-hydrogen) atoms. The molecule has 2 heterocycles. The molecular weight excluding hydrogens is 212 g/mol. The van der Waals surface area contributed by atoms with Gasteiger partial charge in [-0.3, -0.25) is 0 Å². The minimum atomic E-state index is 0.691. The van der Waals surface area contributed by atoms with E-state index in [1.54, 1.807) is 0 Å². The lowest BCUT2D eigenvalue weighted by Gasteiger charge is -2.10. The van der Waals surface area contributed by atoms with E-state index in [2.05, 4.69) is 42.3 Å². The van der Waals surface area contributed by atoms with E-state index in [1.807, 2.05) is 0 Å². The molecule has 0 radical (unpaired) electrons. The van der Waals surface area contributed by atoms with Crippen molar-refractivity contribution >= 4 is 10.9 Å². The predicted octanol–water partition coefficient (Wildman–Crippen LogP) is 2.33. The Morgan fingerprint density at radius 2 is 2.18 bits per heavy atom. The number of rotatable bonds is 0. The molecular formula is C14H16N2O. The Morgan fingerprint density at radius 3 is 3.06 bits per heavy atom. The molecule has 0 saturated heterocycles. The van der Waals surface area contributed by atoms with Crippen LogP contribution in [0.2, 0.25) is 0 Å². The number of benzene rings is 1. The molecule has 0 fully saturated rings. The van der Waals surface area contributed by atoms with Gasteiger partial charge in [-0.25, -0.2) is 4.98 Å². The van der Waals surface area contributed by atoms with Crippen LogP contribution in [0.3, 0.4) is 0 Å². The molecule has 0 amide bonds. The average molecular weight is 228 g/mol. The molecule has 3 rings (SSSR count). The molecule has 1 aliphatic heterocycles. The van der Waals surface area contributed by atoms with Crippen molar-refractivity contribution in [2.75, 3.05) is 13.2 Å². The van der Waals surface area contributed by atoms with E-state index >= 15 is 0 Å². The summed E-state index contributed by atoms with van der Waals surface area (Å²) >= 11 is 0. The number of aromatic nitrogens is 1. The summed E-state index contributed by atoms with van der Waals surface area (Å²) < 4.78 is 5.68. The second-order valence-electron chi connectivity index (χ2n) is 4.56. The monoisotopic (exact) mass is 228 g/mol. The van der Waals surface area contributed by atoms with Crippen molar-refractivity contribution in [2.24, 2.45) is 0 Å². The Hall–Kier alpha value is -1.61. The van der Waals surface area contributed by atoms with Gasteiger partial charge in [0.05, 0.1) is 5.52 Å². The van der Waals surface area contributed by atoms with Crippen LogP contribution >= 0.6 is 0 Å². The van der Waals surface area contributed by atoms with E-state index in [0.717, 1.165) is 30.0 Å². The normalized spacial score (nSPS) is 15.2. The van der Waals surface area contributed by atoms with Crippen LogP contribution in [0.5, 0.6) is 5.88 Å². The molecule has 0 saturated carbocycles. The Labute approximate surface area is 101 Å². The van der Waals surface area contributed by atoms with Gasteiger partial charge in [-0.05, 0) is 31.0 Å². The number of ether oxygens (including phenoxy) is 1. The first-order valence-electron chi connectivity index (χ1n) is 5.99. The second kappa shape index (κ2) is 4.00. The first-order chi connectivity index (χ1) is 8.25. The summed E-state index contributed by atoms with van der Waals surface area (Å²) in [4.78, 5) is 4.67. The van der Waals surface area contributed by atoms with Crippen LogP contribution in [0.25, 0.3) is 10.9 Å². The summed E-state index contributed by atoms with van der Waals surface area (Å²) in [5, 5.41) is 4.52. The Morgan fingerprint density at radius 1 is 1.29 bits per heavy atom. The van der Waals surface area contributed by atoms with Gasteiger partial charge in [0, 0.05) is 24.0 Å². The number of nitrogens with one attached hydrogen (secondary N) is 1. The molecule has 88 valence electrons. The predicted molar refractivity (Wildman–Crippen MR) is 68.4 cm³/mol. The highest BCUT2D eigenvalue weighted by Gasteiger charge is 2.12. The Bertz CT molecular complexity index is 578. The summed E-state index contributed by atoms with van der Waals surface area (Å²) in [5.74, 6) is 0.788. The first kappa shape index (κ1) is 10.5. The largest absolute Gasteiger partial charge is 0.476 e. The van der Waals surface area contributed by atoms with Crippen LogP contribution in [-0.4, -0.2) is 18.1 Å². The first-order valence-corrected chi connectivity index (χ1v) is 5.99. The third-order valence-electron chi connectivity index (χ3n) is 3.38. The lowest BCUT2D eigenvalue weighted by atomic mass is 10.0. The highest BCUT2D eigenvalue weighted by atomic mass is 16.5. The molecule has 1 aliphatic rings. The van der Waals surface area contributed by atoms with Crippen LogP contribution in [0.4, 0.5) is 0 Å². The van der Waals surface area contributed by atoms with E-state index in [0.29, 0.717) is 6.61 Å². The van der Waals surface area contributed by atoms with Crippen molar-refractivity contribution < 1.29 is 4.74 Å². The number of nitrogens with zero attached hydrogens (tertiary/aromatic N) is 1. The lowest BCUT2D eigenvalue weighted by Crippen LogP contribution is -2.16. The van der Waals surface area contributed by atoms with Crippen LogP contribution in [0.1, 0.15) is 16.7 Å². The summed E-state index contributed by atoms with van der Waals surface area (Å²) in [5.41, 5.74) is 4.73. The zero-order valence-electron chi connectivity index (χ0n) is 10.2. The second-order valence-corrected chi connectivity index (χ2v) is 4.56. The van der Waals surface area contributed by atoms with Crippen molar-refractivity contribution in [1.82, 2.24) is 10.3 Å². The maximum atomic E-state index is 5.68. The van der Waals surface area contributed by atoms with Crippen LogP contribution < -0.4 is 10.1 Å². The summed E-state index contributed by atoms with van der Waals surface area (Å²) in [7, 11) is 0. The highest BCUT2D eigenvalue weighted by Crippen LogP contribution is 2.26. The molecule has 1 N–H and O–H groups in total. The van der Waals surface area contributed by atoms with Crippen LogP contribution in [-0.2, 0) is 6.54 Å². The van der Waals surface area contributed by atoms with Gasteiger partial charge >= 0.3 is 0 Å². The fourth-order valence-electron chi connectivity index (χ4n) is 2.20. The van der Waals surface area contributed by atoms with Crippen LogP contribution in [0, 0.1) is 13.8 Å². The molecule has 0 spiro atoms. The number of pyridine rings is 1. The summed E-state index contributed by atoms with van der Waals surface area (Å²) in [6.07, 6.45) is 0. The maximum absolute atomic E-state index is 5.68.